The second-order valence-electron chi connectivity index (χ2n) is 8.09. The van der Waals surface area contributed by atoms with Crippen LogP contribution in [0.15, 0.2) is 58.6 Å². The molecule has 0 unspecified atom stereocenters. The minimum Gasteiger partial charge on any atom is -0.342 e. The summed E-state index contributed by atoms with van der Waals surface area (Å²) in [6.07, 6.45) is 3.56. The van der Waals surface area contributed by atoms with Crippen LogP contribution in [0.5, 0.6) is 0 Å². The fourth-order valence-corrected chi connectivity index (χ4v) is 5.59. The third-order valence-electron chi connectivity index (χ3n) is 6.43. The molecule has 2 aromatic carbocycles. The van der Waals surface area contributed by atoms with Crippen LogP contribution in [0.3, 0.4) is 0 Å². The lowest BCUT2D eigenvalue weighted by Crippen LogP contribution is -2.56. The van der Waals surface area contributed by atoms with E-state index < -0.39 is 0 Å². The van der Waals surface area contributed by atoms with Crippen molar-refractivity contribution in [3.63, 3.8) is 0 Å². The molecule has 1 fully saturated rings. The van der Waals surface area contributed by atoms with Crippen molar-refractivity contribution in [3.8, 4) is 5.69 Å². The summed E-state index contributed by atoms with van der Waals surface area (Å²) in [6, 6.07) is 16.7. The summed E-state index contributed by atoms with van der Waals surface area (Å²) >= 11 is 1.54. The van der Waals surface area contributed by atoms with Crippen LogP contribution in [-0.2, 0) is 16.6 Å². The van der Waals surface area contributed by atoms with Crippen LogP contribution in [0.2, 0.25) is 0 Å². The number of carbonyl (C=O) groups is 1. The number of likely N-dealkylation sites (tertiary alicyclic amines) is 1. The Morgan fingerprint density at radius 1 is 1.14 bits per heavy atom. The van der Waals surface area contributed by atoms with Crippen LogP contribution in [0, 0.1) is 0 Å². The summed E-state index contributed by atoms with van der Waals surface area (Å²) in [5.74, 6) is 0.274. The highest BCUT2D eigenvalue weighted by atomic mass is 32.2. The highest BCUT2D eigenvalue weighted by molar-refractivity contribution is 7.99. The van der Waals surface area contributed by atoms with Gasteiger partial charge in [0.2, 0.25) is 11.1 Å². The number of piperidine rings is 1. The number of carbonyl (C=O) groups excluding carboxylic acids is 1. The smallest absolute Gasteiger partial charge is 0.236 e. The van der Waals surface area contributed by atoms with Gasteiger partial charge in [-0.25, -0.2) is 0 Å². The number of aryl methyl sites for hydroxylation is 1. The molecule has 7 heteroatoms. The predicted molar refractivity (Wildman–Crippen MR) is 111 cm³/mol. The number of fused-ring (bicyclic) bond motifs is 3. The van der Waals surface area contributed by atoms with Crippen molar-refractivity contribution in [3.05, 3.63) is 59.7 Å². The van der Waals surface area contributed by atoms with E-state index in [4.69, 9.17) is 0 Å². The molecule has 29 heavy (non-hydrogen) atoms. The third kappa shape index (κ3) is 3.13. The van der Waals surface area contributed by atoms with Crippen LogP contribution < -0.4 is 0 Å². The fourth-order valence-electron chi connectivity index (χ4n) is 4.85. The van der Waals surface area contributed by atoms with E-state index in [1.165, 1.54) is 22.9 Å². The number of para-hydroxylation sites is 1. The zero-order valence-electron chi connectivity index (χ0n) is 16.6. The van der Waals surface area contributed by atoms with E-state index in [0.29, 0.717) is 17.6 Å². The van der Waals surface area contributed by atoms with E-state index in [9.17, 15) is 4.79 Å². The summed E-state index contributed by atoms with van der Waals surface area (Å²) < 4.78 is 0. The van der Waals surface area contributed by atoms with Crippen molar-refractivity contribution in [1.82, 2.24) is 25.1 Å². The predicted octanol–water partition coefficient (Wildman–Crippen LogP) is 3.64. The molecule has 0 radical (unpaired) electrons. The lowest BCUT2D eigenvalue weighted by molar-refractivity contribution is -0.138. The number of benzene rings is 2. The highest BCUT2D eigenvalue weighted by Crippen LogP contribution is 2.46. The number of tetrazole rings is 1. The molecule has 5 rings (SSSR count). The van der Waals surface area contributed by atoms with Gasteiger partial charge >= 0.3 is 0 Å². The molecule has 1 aromatic heterocycles. The summed E-state index contributed by atoms with van der Waals surface area (Å²) in [5, 5.41) is 13.5. The van der Waals surface area contributed by atoms with Crippen LogP contribution in [0.1, 0.15) is 37.3 Å². The van der Waals surface area contributed by atoms with Crippen LogP contribution >= 0.6 is 11.8 Å². The average molecular weight is 406 g/mol. The maximum absolute atomic E-state index is 12.2. The molecule has 1 aliphatic heterocycles. The van der Waals surface area contributed by atoms with E-state index >= 15 is 0 Å². The van der Waals surface area contributed by atoms with Gasteiger partial charge in [-0.2, -0.15) is 0 Å². The molecule has 3 aromatic rings. The van der Waals surface area contributed by atoms with Gasteiger partial charge in [0.25, 0.3) is 0 Å². The molecule has 0 N–H and O–H groups in total. The molecule has 1 saturated heterocycles. The van der Waals surface area contributed by atoms with E-state index in [1.54, 1.807) is 4.80 Å². The van der Waals surface area contributed by atoms with Crippen molar-refractivity contribution in [1.29, 1.82) is 0 Å². The Morgan fingerprint density at radius 2 is 1.97 bits per heavy atom. The van der Waals surface area contributed by atoms with Crippen molar-refractivity contribution in [2.75, 3.05) is 7.05 Å². The molecular weight excluding hydrogens is 382 g/mol. The molecular formula is C22H23N5OS. The number of hydrogen-bond donors (Lipinski definition) is 0. The Labute approximate surface area is 174 Å². The molecule has 1 amide bonds. The second kappa shape index (κ2) is 6.99. The first-order chi connectivity index (χ1) is 14.0. The minimum absolute atomic E-state index is 0.0358. The minimum atomic E-state index is 0.0358. The normalized spacial score (nSPS) is 23.6. The lowest BCUT2D eigenvalue weighted by atomic mass is 9.63. The quantitative estimate of drug-likeness (QED) is 0.666. The van der Waals surface area contributed by atoms with Crippen LogP contribution in [0.4, 0.5) is 0 Å². The van der Waals surface area contributed by atoms with Crippen molar-refractivity contribution >= 4 is 17.7 Å². The Kier molecular flexibility index (Phi) is 4.42. The Bertz CT molecular complexity index is 1070. The van der Waals surface area contributed by atoms with E-state index in [1.807, 2.05) is 42.3 Å². The molecule has 1 aliphatic carbocycles. The molecule has 0 spiro atoms. The van der Waals surface area contributed by atoms with Gasteiger partial charge in [0, 0.05) is 29.8 Å². The van der Waals surface area contributed by atoms with Gasteiger partial charge in [-0.1, -0.05) is 31.2 Å². The highest BCUT2D eigenvalue weighted by Gasteiger charge is 2.46. The number of amides is 1. The van der Waals surface area contributed by atoms with Gasteiger partial charge in [0.15, 0.2) is 0 Å². The van der Waals surface area contributed by atoms with Gasteiger partial charge < -0.3 is 4.90 Å². The SMILES string of the molecule is CN1C(=O)CC[C@]2(C)c3ccc(Sc4nnn(-c5ccccc5)n4)cc3CC[C@@H]12. The second-order valence-corrected chi connectivity index (χ2v) is 9.14. The Morgan fingerprint density at radius 3 is 2.79 bits per heavy atom. The molecule has 0 bridgehead atoms. The van der Waals surface area contributed by atoms with Gasteiger partial charge in [-0.05, 0) is 71.6 Å². The molecule has 2 heterocycles. The number of nitrogens with zero attached hydrogens (tertiary/aromatic N) is 5. The van der Waals surface area contributed by atoms with Crippen LogP contribution in [-0.4, -0.2) is 44.1 Å². The summed E-state index contributed by atoms with van der Waals surface area (Å²) in [5.41, 5.74) is 3.70. The zero-order valence-corrected chi connectivity index (χ0v) is 17.4. The lowest BCUT2D eigenvalue weighted by Gasteiger charge is -2.50. The number of likely N-dealkylation sites (N-methyl/N-ethyl adjacent to an activating group) is 1. The first-order valence-electron chi connectivity index (χ1n) is 9.97. The van der Waals surface area contributed by atoms with Crippen molar-refractivity contribution < 1.29 is 4.79 Å². The van der Waals surface area contributed by atoms with Gasteiger partial charge in [-0.3, -0.25) is 4.79 Å². The van der Waals surface area contributed by atoms with E-state index in [0.717, 1.165) is 29.8 Å². The molecule has 2 aliphatic rings. The first-order valence-corrected chi connectivity index (χ1v) is 10.8. The summed E-state index contributed by atoms with van der Waals surface area (Å²) in [7, 11) is 1.96. The van der Waals surface area contributed by atoms with Crippen molar-refractivity contribution in [2.45, 2.75) is 54.1 Å². The maximum atomic E-state index is 12.2. The van der Waals surface area contributed by atoms with E-state index in [-0.39, 0.29) is 11.3 Å². The Balaban J connectivity index is 1.40. The third-order valence-corrected chi connectivity index (χ3v) is 7.26. The first kappa shape index (κ1) is 18.4. The number of hydrogen-bond acceptors (Lipinski definition) is 5. The largest absolute Gasteiger partial charge is 0.342 e. The van der Waals surface area contributed by atoms with Gasteiger partial charge in [-0.15, -0.1) is 15.0 Å². The standard InChI is InChI=1S/C22H23N5OS/c1-22-13-12-20(28)26(2)19(22)11-8-15-14-17(9-10-18(15)22)29-21-23-25-27(24-21)16-6-4-3-5-7-16/h3-7,9-10,14,19H,8,11-13H2,1-2H3/t19-,22-/m1/s1. The maximum Gasteiger partial charge on any atom is 0.236 e. The fraction of sp³-hybridized carbons (Fsp3) is 0.364. The molecule has 148 valence electrons. The topological polar surface area (TPSA) is 63.9 Å². The monoisotopic (exact) mass is 405 g/mol. The summed E-state index contributed by atoms with van der Waals surface area (Å²) in [4.78, 5) is 16.8. The zero-order chi connectivity index (χ0) is 20.0. The van der Waals surface area contributed by atoms with E-state index in [2.05, 4.69) is 40.5 Å². The van der Waals surface area contributed by atoms with Gasteiger partial charge in [0.05, 0.1) is 5.69 Å². The van der Waals surface area contributed by atoms with Crippen LogP contribution in [0.25, 0.3) is 5.69 Å². The molecule has 0 saturated carbocycles. The number of aromatic nitrogens is 4. The number of rotatable bonds is 3. The Hall–Kier alpha value is -2.67. The molecule has 6 nitrogen and oxygen atoms in total. The molecule has 2 atom stereocenters. The summed E-state index contributed by atoms with van der Waals surface area (Å²) in [6.45, 7) is 2.32. The van der Waals surface area contributed by atoms with Crippen molar-refractivity contribution in [2.24, 2.45) is 0 Å². The van der Waals surface area contributed by atoms with Gasteiger partial charge in [0.1, 0.15) is 0 Å². The average Bonchev–Trinajstić information content (AvgIpc) is 3.20.